The highest BCUT2D eigenvalue weighted by molar-refractivity contribution is 5.82. The lowest BCUT2D eigenvalue weighted by Gasteiger charge is -2.34. The molecule has 0 saturated carbocycles. The first-order chi connectivity index (χ1) is 7.57. The smallest absolute Gasteiger partial charge is 0.334 e. The third-order valence-electron chi connectivity index (χ3n) is 2.79. The first kappa shape index (κ1) is 12.2. The number of carbonyl (C=O) groups is 2. The van der Waals surface area contributed by atoms with Crippen LogP contribution in [0.4, 0.5) is 0 Å². The molecule has 0 aliphatic heterocycles. The van der Waals surface area contributed by atoms with Crippen LogP contribution in [0.1, 0.15) is 19.4 Å². The summed E-state index contributed by atoms with van der Waals surface area (Å²) in [5, 5.41) is 9.32. The van der Waals surface area contributed by atoms with Gasteiger partial charge in [-0.2, -0.15) is 0 Å². The molecule has 1 atom stereocenters. The molecule has 0 bridgehead atoms. The number of carboxylic acid groups (broad SMARTS) is 1. The van der Waals surface area contributed by atoms with Crippen LogP contribution in [0.3, 0.4) is 0 Å². The minimum absolute atomic E-state index is 0.348. The van der Waals surface area contributed by atoms with Gasteiger partial charge in [0.1, 0.15) is 0 Å². The van der Waals surface area contributed by atoms with E-state index in [4.69, 9.17) is 0 Å². The first-order valence-electron chi connectivity index (χ1n) is 5.08. The second kappa shape index (κ2) is 4.79. The fraction of sp³-hybridized carbons (Fsp3) is 0.333. The summed E-state index contributed by atoms with van der Waals surface area (Å²) in [6.45, 7) is 3.63. The van der Waals surface area contributed by atoms with Crippen molar-refractivity contribution >= 4 is 12.4 Å². The van der Waals surface area contributed by atoms with E-state index in [9.17, 15) is 14.7 Å². The minimum atomic E-state index is -1.31. The van der Waals surface area contributed by atoms with Crippen LogP contribution in [0.2, 0.25) is 0 Å². The van der Waals surface area contributed by atoms with Gasteiger partial charge in [0.15, 0.2) is 5.54 Å². The fourth-order valence-electron chi connectivity index (χ4n) is 1.67. The number of carbonyl (C=O) groups excluding carboxylic acids is 1. The zero-order valence-electron chi connectivity index (χ0n) is 9.38. The average Bonchev–Trinajstić information content (AvgIpc) is 2.31. The van der Waals surface area contributed by atoms with Crippen molar-refractivity contribution in [2.45, 2.75) is 19.4 Å². The summed E-state index contributed by atoms with van der Waals surface area (Å²) in [5.74, 6) is -1.03. The number of likely N-dealkylation sites (N-methyl/N-ethyl adjacent to an activating group) is 1. The quantitative estimate of drug-likeness (QED) is 0.766. The Morgan fingerprint density at radius 1 is 1.44 bits per heavy atom. The van der Waals surface area contributed by atoms with E-state index in [1.165, 1.54) is 11.8 Å². The van der Waals surface area contributed by atoms with Gasteiger partial charge in [0.05, 0.1) is 0 Å². The molecule has 1 aromatic carbocycles. The van der Waals surface area contributed by atoms with Gasteiger partial charge in [-0.1, -0.05) is 30.3 Å². The van der Waals surface area contributed by atoms with Crippen LogP contribution in [-0.4, -0.2) is 28.9 Å². The van der Waals surface area contributed by atoms with Gasteiger partial charge in [-0.05, 0) is 19.4 Å². The minimum Gasteiger partial charge on any atom is -0.479 e. The molecule has 0 saturated heterocycles. The molecule has 0 heterocycles. The Bertz CT molecular complexity index is 377. The number of amides is 1. The highest BCUT2D eigenvalue weighted by atomic mass is 16.4. The molecule has 4 nitrogen and oxygen atoms in total. The number of aliphatic carboxylic acids is 1. The van der Waals surface area contributed by atoms with E-state index in [1.807, 2.05) is 6.07 Å². The van der Waals surface area contributed by atoms with Gasteiger partial charge < -0.3 is 10.0 Å². The lowest BCUT2D eigenvalue weighted by atomic mass is 9.90. The third kappa shape index (κ3) is 1.91. The summed E-state index contributed by atoms with van der Waals surface area (Å²) in [6.07, 6.45) is 0.571. The molecule has 1 unspecified atom stereocenters. The van der Waals surface area contributed by atoms with Crippen LogP contribution < -0.4 is 0 Å². The maximum Gasteiger partial charge on any atom is 0.334 e. The van der Waals surface area contributed by atoms with Crippen LogP contribution in [0.5, 0.6) is 0 Å². The van der Waals surface area contributed by atoms with E-state index in [1.54, 1.807) is 31.2 Å². The molecule has 1 aromatic rings. The Hall–Kier alpha value is -1.84. The summed E-state index contributed by atoms with van der Waals surface area (Å²) in [4.78, 5) is 23.6. The summed E-state index contributed by atoms with van der Waals surface area (Å²) in [7, 11) is 0. The van der Waals surface area contributed by atoms with Crippen molar-refractivity contribution < 1.29 is 14.7 Å². The Morgan fingerprint density at radius 3 is 2.38 bits per heavy atom. The van der Waals surface area contributed by atoms with E-state index in [0.29, 0.717) is 18.5 Å². The molecule has 86 valence electrons. The second-order valence-corrected chi connectivity index (χ2v) is 3.63. The van der Waals surface area contributed by atoms with E-state index >= 15 is 0 Å². The molecule has 1 amide bonds. The molecule has 4 heteroatoms. The van der Waals surface area contributed by atoms with Crippen molar-refractivity contribution in [3.63, 3.8) is 0 Å². The van der Waals surface area contributed by atoms with Crippen LogP contribution in [0.15, 0.2) is 30.3 Å². The SMILES string of the molecule is CCN(C=O)C(C)(C(=O)O)c1ccccc1. The zero-order valence-corrected chi connectivity index (χ0v) is 9.38. The lowest BCUT2D eigenvalue weighted by molar-refractivity contribution is -0.154. The monoisotopic (exact) mass is 221 g/mol. The highest BCUT2D eigenvalue weighted by Crippen LogP contribution is 2.27. The van der Waals surface area contributed by atoms with E-state index in [0.717, 1.165) is 0 Å². The van der Waals surface area contributed by atoms with E-state index < -0.39 is 11.5 Å². The van der Waals surface area contributed by atoms with Crippen molar-refractivity contribution in [1.82, 2.24) is 4.90 Å². The molecular weight excluding hydrogens is 206 g/mol. The second-order valence-electron chi connectivity index (χ2n) is 3.63. The van der Waals surface area contributed by atoms with Gasteiger partial charge in [0, 0.05) is 6.54 Å². The number of rotatable bonds is 5. The Labute approximate surface area is 94.5 Å². The molecule has 0 fully saturated rings. The number of benzene rings is 1. The van der Waals surface area contributed by atoms with Crippen molar-refractivity contribution in [2.24, 2.45) is 0 Å². The molecular formula is C12H15NO3. The topological polar surface area (TPSA) is 57.6 Å². The van der Waals surface area contributed by atoms with Gasteiger partial charge in [0.25, 0.3) is 0 Å². The first-order valence-corrected chi connectivity index (χ1v) is 5.08. The van der Waals surface area contributed by atoms with Crippen molar-refractivity contribution in [3.8, 4) is 0 Å². The van der Waals surface area contributed by atoms with Crippen molar-refractivity contribution in [3.05, 3.63) is 35.9 Å². The molecule has 0 spiro atoms. The lowest BCUT2D eigenvalue weighted by Crippen LogP contribution is -2.49. The van der Waals surface area contributed by atoms with Gasteiger partial charge in [-0.15, -0.1) is 0 Å². The van der Waals surface area contributed by atoms with Crippen LogP contribution in [-0.2, 0) is 15.1 Å². The Morgan fingerprint density at radius 2 is 2.00 bits per heavy atom. The largest absolute Gasteiger partial charge is 0.479 e. The van der Waals surface area contributed by atoms with E-state index in [-0.39, 0.29) is 0 Å². The van der Waals surface area contributed by atoms with Crippen molar-refractivity contribution in [1.29, 1.82) is 0 Å². The standard InChI is InChI=1S/C12H15NO3/c1-3-13(9-14)12(2,11(15)16)10-7-5-4-6-8-10/h4-9H,3H2,1-2H3,(H,15,16). The van der Waals surface area contributed by atoms with Gasteiger partial charge in [0.2, 0.25) is 6.41 Å². The molecule has 1 N–H and O–H groups in total. The summed E-state index contributed by atoms with van der Waals surface area (Å²) in [6, 6.07) is 8.74. The van der Waals surface area contributed by atoms with Gasteiger partial charge in [-0.25, -0.2) is 4.79 Å². The van der Waals surface area contributed by atoms with Crippen molar-refractivity contribution in [2.75, 3.05) is 6.54 Å². The summed E-state index contributed by atoms with van der Waals surface area (Å²) < 4.78 is 0. The average molecular weight is 221 g/mol. The highest BCUT2D eigenvalue weighted by Gasteiger charge is 2.40. The van der Waals surface area contributed by atoms with Crippen LogP contribution >= 0.6 is 0 Å². The third-order valence-corrected chi connectivity index (χ3v) is 2.79. The molecule has 0 aliphatic carbocycles. The maximum atomic E-state index is 11.4. The summed E-state index contributed by atoms with van der Waals surface area (Å²) in [5.41, 5.74) is -0.714. The van der Waals surface area contributed by atoms with Crippen LogP contribution in [0.25, 0.3) is 0 Å². The van der Waals surface area contributed by atoms with Gasteiger partial charge >= 0.3 is 5.97 Å². The van der Waals surface area contributed by atoms with Gasteiger partial charge in [-0.3, -0.25) is 4.79 Å². The molecule has 0 radical (unpaired) electrons. The number of nitrogens with zero attached hydrogens (tertiary/aromatic N) is 1. The molecule has 1 rings (SSSR count). The fourth-order valence-corrected chi connectivity index (χ4v) is 1.67. The normalized spacial score (nSPS) is 13.9. The molecule has 0 aliphatic rings. The Kier molecular flexibility index (Phi) is 3.66. The maximum absolute atomic E-state index is 11.4. The number of hydrogen-bond acceptors (Lipinski definition) is 2. The summed E-state index contributed by atoms with van der Waals surface area (Å²) >= 11 is 0. The predicted molar refractivity (Wildman–Crippen MR) is 59.9 cm³/mol. The molecule has 16 heavy (non-hydrogen) atoms. The number of carboxylic acids is 1. The predicted octanol–water partition coefficient (Wildman–Crippen LogP) is 1.46. The van der Waals surface area contributed by atoms with Crippen LogP contribution in [0, 0.1) is 0 Å². The zero-order chi connectivity index (χ0) is 12.2. The number of hydrogen-bond donors (Lipinski definition) is 1. The Balaban J connectivity index is 3.26. The molecule has 0 aromatic heterocycles. The van der Waals surface area contributed by atoms with E-state index in [2.05, 4.69) is 0 Å².